The summed E-state index contributed by atoms with van der Waals surface area (Å²) in [5.41, 5.74) is 0. The second kappa shape index (κ2) is 5.21. The molecule has 4 unspecified atom stereocenters. The van der Waals surface area contributed by atoms with E-state index < -0.39 is 23.6 Å². The molecule has 0 bridgehead atoms. The number of hydrogen-bond donors (Lipinski definition) is 2. The molecule has 4 atom stereocenters. The van der Waals surface area contributed by atoms with E-state index in [2.05, 4.69) is 0 Å². The van der Waals surface area contributed by atoms with Crippen molar-refractivity contribution in [3.05, 3.63) is 0 Å². The van der Waals surface area contributed by atoms with Crippen LogP contribution in [0.25, 0.3) is 0 Å². The lowest BCUT2D eigenvalue weighted by Gasteiger charge is -2.35. The summed E-state index contributed by atoms with van der Waals surface area (Å²) in [5.74, 6) is 0.556. The van der Waals surface area contributed by atoms with E-state index in [-0.39, 0.29) is 5.92 Å². The van der Waals surface area contributed by atoms with E-state index in [1.807, 2.05) is 13.8 Å². The first-order valence-electron chi connectivity index (χ1n) is 4.98. The van der Waals surface area contributed by atoms with Crippen LogP contribution in [-0.4, -0.2) is 26.1 Å². The molecule has 1 rings (SSSR count). The van der Waals surface area contributed by atoms with Crippen molar-refractivity contribution in [2.45, 2.75) is 45.3 Å². The van der Waals surface area contributed by atoms with Crippen molar-refractivity contribution in [3.63, 3.8) is 0 Å². The Hall–Kier alpha value is 0.0300. The largest absolute Gasteiger partial charge is 0.390 e. The topological polar surface area (TPSA) is 66.8 Å². The average Bonchev–Trinajstić information content (AvgIpc) is 2.07. The van der Waals surface area contributed by atoms with Crippen LogP contribution in [0.4, 0.5) is 0 Å². The molecule has 0 heterocycles. The molecule has 1 aliphatic rings. The Kier molecular flexibility index (Phi) is 4.50. The van der Waals surface area contributed by atoms with Crippen molar-refractivity contribution in [1.82, 2.24) is 0 Å². The van der Waals surface area contributed by atoms with Crippen molar-refractivity contribution < 1.29 is 18.1 Å². The van der Waals surface area contributed by atoms with Crippen LogP contribution < -0.4 is 0 Å². The second-order valence-electron chi connectivity index (χ2n) is 4.18. The van der Waals surface area contributed by atoms with E-state index in [9.17, 15) is 9.32 Å². The third-order valence-electron chi connectivity index (χ3n) is 2.91. The predicted molar refractivity (Wildman–Crippen MR) is 53.8 cm³/mol. The summed E-state index contributed by atoms with van der Waals surface area (Å²) in [5, 5.41) is 9.88. The quantitative estimate of drug-likeness (QED) is 0.707. The third-order valence-corrected chi connectivity index (χ3v) is 3.32. The van der Waals surface area contributed by atoms with Crippen LogP contribution in [0.3, 0.4) is 0 Å². The molecule has 1 saturated carbocycles. The lowest BCUT2D eigenvalue weighted by atomic mass is 9.78. The molecule has 0 aliphatic heterocycles. The summed E-state index contributed by atoms with van der Waals surface area (Å²) in [6.45, 7) is 4.10. The molecular weight excluding hydrogens is 204 g/mol. The zero-order valence-corrected chi connectivity index (χ0v) is 9.37. The minimum absolute atomic E-state index is 0.178. The van der Waals surface area contributed by atoms with E-state index >= 15 is 0 Å². The van der Waals surface area contributed by atoms with E-state index in [1.54, 1.807) is 0 Å². The summed E-state index contributed by atoms with van der Waals surface area (Å²) in [6, 6.07) is 0. The summed E-state index contributed by atoms with van der Waals surface area (Å²) in [7, 11) is 0. The van der Waals surface area contributed by atoms with Crippen LogP contribution >= 0.6 is 0 Å². The number of aliphatic hydroxyl groups is 1. The fourth-order valence-electron chi connectivity index (χ4n) is 2.11. The van der Waals surface area contributed by atoms with Crippen molar-refractivity contribution in [3.8, 4) is 0 Å². The highest BCUT2D eigenvalue weighted by molar-refractivity contribution is 7.74. The minimum Gasteiger partial charge on any atom is -0.390 e. The van der Waals surface area contributed by atoms with Gasteiger partial charge >= 0.3 is 11.4 Å². The van der Waals surface area contributed by atoms with Crippen LogP contribution in [0.2, 0.25) is 0 Å². The SMILES string of the molecule is CC(C)C1CCCC(OS(=O)O)C1O. The molecule has 0 aromatic carbocycles. The zero-order valence-electron chi connectivity index (χ0n) is 8.55. The van der Waals surface area contributed by atoms with Crippen LogP contribution in [0.1, 0.15) is 33.1 Å². The molecule has 0 spiro atoms. The lowest BCUT2D eigenvalue weighted by molar-refractivity contribution is -0.0429. The van der Waals surface area contributed by atoms with E-state index in [0.29, 0.717) is 12.3 Å². The van der Waals surface area contributed by atoms with Gasteiger partial charge < -0.3 is 5.11 Å². The van der Waals surface area contributed by atoms with Gasteiger partial charge in [0.25, 0.3) is 0 Å². The van der Waals surface area contributed by atoms with Crippen molar-refractivity contribution >= 4 is 11.4 Å². The third kappa shape index (κ3) is 3.02. The monoisotopic (exact) mass is 222 g/mol. The molecule has 5 heteroatoms. The number of aliphatic hydroxyl groups excluding tert-OH is 1. The van der Waals surface area contributed by atoms with Gasteiger partial charge in [-0.3, -0.25) is 8.74 Å². The Bertz CT molecular complexity index is 207. The van der Waals surface area contributed by atoms with Gasteiger partial charge in [-0.05, 0) is 24.7 Å². The smallest absolute Gasteiger partial charge is 0.302 e. The van der Waals surface area contributed by atoms with Gasteiger partial charge in [0.05, 0.1) is 6.10 Å². The Labute approximate surface area is 87.1 Å². The van der Waals surface area contributed by atoms with E-state index in [0.717, 1.165) is 12.8 Å². The van der Waals surface area contributed by atoms with Gasteiger partial charge in [0.1, 0.15) is 6.10 Å². The van der Waals surface area contributed by atoms with Crippen LogP contribution in [0, 0.1) is 11.8 Å². The Balaban J connectivity index is 2.56. The molecule has 0 radical (unpaired) electrons. The minimum atomic E-state index is -2.27. The maximum Gasteiger partial charge on any atom is 0.302 e. The first kappa shape index (κ1) is 12.1. The average molecular weight is 222 g/mol. The molecule has 4 nitrogen and oxygen atoms in total. The maximum atomic E-state index is 10.5. The number of rotatable bonds is 3. The van der Waals surface area contributed by atoms with Gasteiger partial charge in [-0.25, -0.2) is 0 Å². The van der Waals surface area contributed by atoms with Crippen LogP contribution in [-0.2, 0) is 15.5 Å². The standard InChI is InChI=1S/C9H18O4S/c1-6(2)7-4-3-5-8(9(7)10)13-14(11)12/h6-10H,3-5H2,1-2H3,(H,11,12). The first-order chi connectivity index (χ1) is 6.52. The fourth-order valence-corrected chi connectivity index (χ4v) is 2.53. The molecule has 2 N–H and O–H groups in total. The fraction of sp³-hybridized carbons (Fsp3) is 1.00. The van der Waals surface area contributed by atoms with Gasteiger partial charge in [-0.2, -0.15) is 4.21 Å². The molecule has 0 amide bonds. The highest BCUT2D eigenvalue weighted by Crippen LogP contribution is 2.32. The highest BCUT2D eigenvalue weighted by atomic mass is 32.2. The molecule has 0 aromatic rings. The second-order valence-corrected chi connectivity index (χ2v) is 4.81. The van der Waals surface area contributed by atoms with Gasteiger partial charge in [-0.15, -0.1) is 0 Å². The van der Waals surface area contributed by atoms with Crippen LogP contribution in [0.15, 0.2) is 0 Å². The van der Waals surface area contributed by atoms with E-state index in [1.165, 1.54) is 0 Å². The summed E-state index contributed by atoms with van der Waals surface area (Å²) in [4.78, 5) is 0. The van der Waals surface area contributed by atoms with Gasteiger partial charge in [0, 0.05) is 0 Å². The first-order valence-corrected chi connectivity index (χ1v) is 6.01. The Morgan fingerprint density at radius 3 is 2.57 bits per heavy atom. The van der Waals surface area contributed by atoms with Gasteiger partial charge in [0.15, 0.2) is 0 Å². The molecule has 84 valence electrons. The van der Waals surface area contributed by atoms with Crippen molar-refractivity contribution in [2.75, 3.05) is 0 Å². The zero-order chi connectivity index (χ0) is 10.7. The molecule has 0 saturated heterocycles. The lowest BCUT2D eigenvalue weighted by Crippen LogP contribution is -2.41. The Morgan fingerprint density at radius 2 is 2.07 bits per heavy atom. The number of hydrogen-bond acceptors (Lipinski definition) is 3. The highest BCUT2D eigenvalue weighted by Gasteiger charge is 2.35. The molecule has 1 fully saturated rings. The predicted octanol–water partition coefficient (Wildman–Crippen LogP) is 1.33. The molecular formula is C9H18O4S. The van der Waals surface area contributed by atoms with Crippen molar-refractivity contribution in [2.24, 2.45) is 11.8 Å². The summed E-state index contributed by atoms with van der Waals surface area (Å²) >= 11 is -2.27. The van der Waals surface area contributed by atoms with Crippen LogP contribution in [0.5, 0.6) is 0 Å². The molecule has 0 aromatic heterocycles. The van der Waals surface area contributed by atoms with Gasteiger partial charge in [0.2, 0.25) is 0 Å². The van der Waals surface area contributed by atoms with Gasteiger partial charge in [-0.1, -0.05) is 20.3 Å². The molecule has 14 heavy (non-hydrogen) atoms. The van der Waals surface area contributed by atoms with E-state index in [4.69, 9.17) is 8.74 Å². The Morgan fingerprint density at radius 1 is 1.43 bits per heavy atom. The summed E-state index contributed by atoms with van der Waals surface area (Å²) in [6.07, 6.45) is 1.48. The normalized spacial score (nSPS) is 35.9. The molecule has 1 aliphatic carbocycles. The summed E-state index contributed by atoms with van der Waals surface area (Å²) < 4.78 is 23.8. The van der Waals surface area contributed by atoms with Crippen molar-refractivity contribution in [1.29, 1.82) is 0 Å². The maximum absolute atomic E-state index is 10.5.